The summed E-state index contributed by atoms with van der Waals surface area (Å²) in [6, 6.07) is 8.80. The molecule has 2 aromatic rings. The first kappa shape index (κ1) is 23.8. The zero-order valence-corrected chi connectivity index (χ0v) is 20.5. The fourth-order valence-corrected chi connectivity index (χ4v) is 7.36. The summed E-state index contributed by atoms with van der Waals surface area (Å²) in [5, 5.41) is 2.86. The van der Waals surface area contributed by atoms with Gasteiger partial charge in [0, 0.05) is 36.8 Å². The van der Waals surface area contributed by atoms with Crippen LogP contribution in [0, 0.1) is 12.8 Å². The lowest BCUT2D eigenvalue weighted by molar-refractivity contribution is -0.133. The third-order valence-electron chi connectivity index (χ3n) is 6.16. The molecule has 1 N–H and O–H groups in total. The van der Waals surface area contributed by atoms with Crippen LogP contribution in [0.4, 0.5) is 5.82 Å². The summed E-state index contributed by atoms with van der Waals surface area (Å²) in [6.45, 7) is 3.95. The molecule has 2 aliphatic heterocycles. The van der Waals surface area contributed by atoms with Crippen molar-refractivity contribution in [2.24, 2.45) is 5.92 Å². The maximum atomic E-state index is 12.9. The Balaban J connectivity index is 1.35. The molecule has 0 spiro atoms. The molecule has 1 atom stereocenters. The van der Waals surface area contributed by atoms with Crippen molar-refractivity contribution in [2.75, 3.05) is 31.5 Å². The zero-order valence-electron chi connectivity index (χ0n) is 18.8. The van der Waals surface area contributed by atoms with Crippen LogP contribution in [-0.2, 0) is 26.0 Å². The molecule has 8 nitrogen and oxygen atoms in total. The Hall–Kier alpha value is -2.30. The number of hydrogen-bond acceptors (Lipinski definition) is 6. The number of amides is 2. The number of nitrogens with one attached hydrogen (secondary N) is 1. The maximum absolute atomic E-state index is 12.9. The highest BCUT2D eigenvalue weighted by Gasteiger charge is 2.30. The predicted octanol–water partition coefficient (Wildman–Crippen LogP) is 3.05. The SMILES string of the molecule is Cc1cccc(NC(=O)C2CCCN(C(=O)Cc3ccc(S(=O)(=O)N4CCCCC4)s3)C2)n1. The normalized spacial score (nSPS) is 19.9. The van der Waals surface area contributed by atoms with E-state index in [9.17, 15) is 18.0 Å². The Labute approximate surface area is 199 Å². The average molecular weight is 491 g/mol. The third kappa shape index (κ3) is 5.80. The van der Waals surface area contributed by atoms with Gasteiger partial charge in [0.15, 0.2) is 0 Å². The van der Waals surface area contributed by atoms with Crippen molar-refractivity contribution in [1.82, 2.24) is 14.2 Å². The Morgan fingerprint density at radius 1 is 1.09 bits per heavy atom. The second-order valence-electron chi connectivity index (χ2n) is 8.69. The van der Waals surface area contributed by atoms with E-state index >= 15 is 0 Å². The molecule has 0 radical (unpaired) electrons. The van der Waals surface area contributed by atoms with Crippen LogP contribution >= 0.6 is 11.3 Å². The fourth-order valence-electron chi connectivity index (χ4n) is 4.34. The predicted molar refractivity (Wildman–Crippen MR) is 128 cm³/mol. The number of nitrogens with zero attached hydrogens (tertiary/aromatic N) is 3. The van der Waals surface area contributed by atoms with Gasteiger partial charge in [0.25, 0.3) is 10.0 Å². The topological polar surface area (TPSA) is 99.7 Å². The van der Waals surface area contributed by atoms with Gasteiger partial charge in [-0.05, 0) is 56.9 Å². The Morgan fingerprint density at radius 2 is 1.88 bits per heavy atom. The van der Waals surface area contributed by atoms with E-state index in [-0.39, 0.29) is 24.2 Å². The number of aromatic nitrogens is 1. The first-order valence-corrected chi connectivity index (χ1v) is 13.7. The molecule has 10 heteroatoms. The first-order chi connectivity index (χ1) is 15.8. The summed E-state index contributed by atoms with van der Waals surface area (Å²) in [7, 11) is -3.49. The number of thiophene rings is 1. The molecule has 2 aliphatic rings. The van der Waals surface area contributed by atoms with Gasteiger partial charge >= 0.3 is 0 Å². The molecular weight excluding hydrogens is 460 g/mol. The zero-order chi connectivity index (χ0) is 23.4. The molecule has 0 saturated carbocycles. The maximum Gasteiger partial charge on any atom is 0.252 e. The highest BCUT2D eigenvalue weighted by atomic mass is 32.2. The van der Waals surface area contributed by atoms with Crippen LogP contribution in [0.15, 0.2) is 34.5 Å². The van der Waals surface area contributed by atoms with E-state index in [0.29, 0.717) is 36.2 Å². The lowest BCUT2D eigenvalue weighted by Crippen LogP contribution is -2.44. The fraction of sp³-hybridized carbons (Fsp3) is 0.522. The van der Waals surface area contributed by atoms with E-state index in [1.807, 2.05) is 19.1 Å². The highest BCUT2D eigenvalue weighted by Crippen LogP contribution is 2.28. The molecule has 178 valence electrons. The van der Waals surface area contributed by atoms with Crippen molar-refractivity contribution >= 4 is 39.0 Å². The molecule has 2 saturated heterocycles. The highest BCUT2D eigenvalue weighted by molar-refractivity contribution is 7.91. The molecule has 2 amide bonds. The number of hydrogen-bond donors (Lipinski definition) is 1. The number of piperidine rings is 2. The Morgan fingerprint density at radius 3 is 2.64 bits per heavy atom. The van der Waals surface area contributed by atoms with Gasteiger partial charge < -0.3 is 10.2 Å². The van der Waals surface area contributed by atoms with Crippen molar-refractivity contribution in [3.8, 4) is 0 Å². The van der Waals surface area contributed by atoms with Gasteiger partial charge in [-0.2, -0.15) is 4.31 Å². The number of likely N-dealkylation sites (tertiary alicyclic amines) is 1. The summed E-state index contributed by atoms with van der Waals surface area (Å²) in [5.41, 5.74) is 0.825. The molecule has 2 fully saturated rings. The van der Waals surface area contributed by atoms with E-state index < -0.39 is 10.0 Å². The molecule has 0 aliphatic carbocycles. The van der Waals surface area contributed by atoms with E-state index in [0.717, 1.165) is 42.7 Å². The van der Waals surface area contributed by atoms with Gasteiger partial charge in [0.1, 0.15) is 10.0 Å². The van der Waals surface area contributed by atoms with Crippen LogP contribution in [0.1, 0.15) is 42.7 Å². The summed E-state index contributed by atoms with van der Waals surface area (Å²) in [4.78, 5) is 32.4. The molecule has 4 heterocycles. The summed E-state index contributed by atoms with van der Waals surface area (Å²) >= 11 is 1.17. The van der Waals surface area contributed by atoms with Crippen LogP contribution in [0.25, 0.3) is 0 Å². The number of rotatable bonds is 6. The number of pyridine rings is 1. The lowest BCUT2D eigenvalue weighted by atomic mass is 9.97. The minimum Gasteiger partial charge on any atom is -0.342 e. The van der Waals surface area contributed by atoms with Crippen LogP contribution in [0.3, 0.4) is 0 Å². The number of anilines is 1. The molecule has 1 unspecified atom stereocenters. The number of carbonyl (C=O) groups is 2. The number of carbonyl (C=O) groups excluding carboxylic acids is 2. The number of aryl methyl sites for hydroxylation is 1. The molecule has 0 aromatic carbocycles. The minimum atomic E-state index is -3.49. The van der Waals surface area contributed by atoms with Crippen molar-refractivity contribution in [3.63, 3.8) is 0 Å². The van der Waals surface area contributed by atoms with Crippen LogP contribution in [0.2, 0.25) is 0 Å². The van der Waals surface area contributed by atoms with E-state index in [4.69, 9.17) is 0 Å². The molecular formula is C23H30N4O4S2. The largest absolute Gasteiger partial charge is 0.342 e. The summed E-state index contributed by atoms with van der Waals surface area (Å²) in [6.07, 6.45) is 4.46. The smallest absolute Gasteiger partial charge is 0.252 e. The molecule has 33 heavy (non-hydrogen) atoms. The van der Waals surface area contributed by atoms with Gasteiger partial charge in [0.05, 0.1) is 12.3 Å². The van der Waals surface area contributed by atoms with Gasteiger partial charge in [-0.25, -0.2) is 13.4 Å². The standard InChI is InChI=1S/C23H30N4O4S2/c1-17-7-5-9-20(24-17)25-23(29)18-8-6-12-26(16-18)21(28)15-19-10-11-22(32-19)33(30,31)27-13-3-2-4-14-27/h5,7,9-11,18H,2-4,6,8,12-16H2,1H3,(H,24,25,29). The lowest BCUT2D eigenvalue weighted by Gasteiger charge is -2.32. The first-order valence-electron chi connectivity index (χ1n) is 11.4. The van der Waals surface area contributed by atoms with E-state index in [1.165, 1.54) is 11.3 Å². The summed E-state index contributed by atoms with van der Waals surface area (Å²) in [5.74, 6) is 0.0226. The second kappa shape index (κ2) is 10.3. The van der Waals surface area contributed by atoms with Crippen LogP contribution in [-0.4, -0.2) is 60.6 Å². The minimum absolute atomic E-state index is 0.0787. The number of sulfonamides is 1. The van der Waals surface area contributed by atoms with E-state index in [2.05, 4.69) is 10.3 Å². The molecule has 4 rings (SSSR count). The van der Waals surface area contributed by atoms with Gasteiger partial charge in [-0.1, -0.05) is 12.5 Å². The van der Waals surface area contributed by atoms with Crippen molar-refractivity contribution in [1.29, 1.82) is 0 Å². The quantitative estimate of drug-likeness (QED) is 0.671. The van der Waals surface area contributed by atoms with Crippen molar-refractivity contribution < 1.29 is 18.0 Å². The summed E-state index contributed by atoms with van der Waals surface area (Å²) < 4.78 is 27.6. The third-order valence-corrected chi connectivity index (χ3v) is 9.61. The molecule has 0 bridgehead atoms. The molecule has 2 aromatic heterocycles. The van der Waals surface area contributed by atoms with Crippen molar-refractivity contribution in [3.05, 3.63) is 40.9 Å². The average Bonchev–Trinajstić information content (AvgIpc) is 3.29. The van der Waals surface area contributed by atoms with Gasteiger partial charge in [-0.3, -0.25) is 9.59 Å². The van der Waals surface area contributed by atoms with Crippen LogP contribution in [0.5, 0.6) is 0 Å². The van der Waals surface area contributed by atoms with Crippen molar-refractivity contribution in [2.45, 2.75) is 49.7 Å². The van der Waals surface area contributed by atoms with Crippen LogP contribution < -0.4 is 5.32 Å². The Bertz CT molecular complexity index is 1110. The Kier molecular flexibility index (Phi) is 7.45. The van der Waals surface area contributed by atoms with E-state index in [1.54, 1.807) is 27.4 Å². The second-order valence-corrected chi connectivity index (χ2v) is 12.0. The monoisotopic (exact) mass is 490 g/mol. The van der Waals surface area contributed by atoms with Gasteiger partial charge in [-0.15, -0.1) is 11.3 Å². The van der Waals surface area contributed by atoms with Gasteiger partial charge in [0.2, 0.25) is 11.8 Å².